The monoisotopic (exact) mass is 278 g/mol. The minimum Gasteiger partial charge on any atom is -0.382 e. The second-order valence-electron chi connectivity index (χ2n) is 5.26. The lowest BCUT2D eigenvalue weighted by molar-refractivity contribution is -0.118. The molecule has 2 rings (SSSR count). The van der Waals surface area contributed by atoms with Crippen LogP contribution in [0.2, 0.25) is 0 Å². The van der Waals surface area contributed by atoms with E-state index in [4.69, 9.17) is 0 Å². The van der Waals surface area contributed by atoms with Gasteiger partial charge in [-0.25, -0.2) is 0 Å². The summed E-state index contributed by atoms with van der Waals surface area (Å²) >= 11 is 2.03. The minimum atomic E-state index is 0.00647. The number of carbonyl (C=O) groups is 1. The Kier molecular flexibility index (Phi) is 5.14. The predicted octanol–water partition coefficient (Wildman–Crippen LogP) is 3.59. The molecule has 19 heavy (non-hydrogen) atoms. The molecular weight excluding hydrogens is 256 g/mol. The summed E-state index contributed by atoms with van der Waals surface area (Å²) in [5, 5.41) is 6.50. The molecule has 1 fully saturated rings. The van der Waals surface area contributed by atoms with Crippen LogP contribution in [0.4, 0.5) is 11.4 Å². The van der Waals surface area contributed by atoms with Gasteiger partial charge in [0, 0.05) is 23.3 Å². The molecule has 0 aliphatic carbocycles. The molecule has 0 unspecified atom stereocenters. The molecule has 1 aliphatic heterocycles. The van der Waals surface area contributed by atoms with Gasteiger partial charge in [0.15, 0.2) is 0 Å². The summed E-state index contributed by atoms with van der Waals surface area (Å²) in [4.78, 5) is 11.7. The van der Waals surface area contributed by atoms with E-state index in [1.165, 1.54) is 24.3 Å². The van der Waals surface area contributed by atoms with Crippen LogP contribution < -0.4 is 10.6 Å². The normalized spacial score (nSPS) is 16.4. The summed E-state index contributed by atoms with van der Waals surface area (Å²) in [6, 6.07) is 8.56. The molecule has 1 aliphatic rings. The second kappa shape index (κ2) is 6.85. The van der Waals surface area contributed by atoms with Crippen molar-refractivity contribution in [1.29, 1.82) is 0 Å². The molecule has 2 N–H and O–H groups in total. The van der Waals surface area contributed by atoms with Crippen LogP contribution in [0.1, 0.15) is 26.7 Å². The minimum absolute atomic E-state index is 0.00647. The maximum absolute atomic E-state index is 11.7. The highest BCUT2D eigenvalue weighted by atomic mass is 32.2. The van der Waals surface area contributed by atoms with Crippen molar-refractivity contribution in [1.82, 2.24) is 0 Å². The first-order valence-corrected chi connectivity index (χ1v) is 8.06. The Balaban J connectivity index is 1.96. The van der Waals surface area contributed by atoms with E-state index in [1.807, 2.05) is 43.8 Å². The number of carbonyl (C=O) groups excluding carboxylic acids is 1. The van der Waals surface area contributed by atoms with Crippen molar-refractivity contribution >= 4 is 29.0 Å². The zero-order chi connectivity index (χ0) is 13.7. The maximum Gasteiger partial charge on any atom is 0.226 e. The van der Waals surface area contributed by atoms with Gasteiger partial charge in [-0.05, 0) is 42.5 Å². The summed E-state index contributed by atoms with van der Waals surface area (Å²) in [6.45, 7) is 3.80. The molecule has 4 heteroatoms. The van der Waals surface area contributed by atoms with Crippen LogP contribution in [0.3, 0.4) is 0 Å². The summed E-state index contributed by atoms with van der Waals surface area (Å²) < 4.78 is 0. The van der Waals surface area contributed by atoms with Gasteiger partial charge in [0.1, 0.15) is 0 Å². The van der Waals surface area contributed by atoms with Crippen LogP contribution in [0.15, 0.2) is 24.3 Å². The largest absolute Gasteiger partial charge is 0.382 e. The highest BCUT2D eigenvalue weighted by molar-refractivity contribution is 7.99. The van der Waals surface area contributed by atoms with Crippen LogP contribution in [0, 0.1) is 5.92 Å². The van der Waals surface area contributed by atoms with Crippen molar-refractivity contribution in [3.05, 3.63) is 24.3 Å². The molecule has 1 heterocycles. The SMILES string of the molecule is CC(C)C(=O)Nc1cccc(NC2CCSCC2)c1. The van der Waals surface area contributed by atoms with Crippen molar-refractivity contribution in [2.75, 3.05) is 22.1 Å². The number of thioether (sulfide) groups is 1. The lowest BCUT2D eigenvalue weighted by atomic mass is 10.1. The molecule has 0 aromatic heterocycles. The summed E-state index contributed by atoms with van der Waals surface area (Å²) in [5.41, 5.74) is 1.97. The van der Waals surface area contributed by atoms with Crippen molar-refractivity contribution in [3.8, 4) is 0 Å². The van der Waals surface area contributed by atoms with Gasteiger partial charge < -0.3 is 10.6 Å². The fourth-order valence-corrected chi connectivity index (χ4v) is 3.16. The number of rotatable bonds is 4. The molecule has 1 amide bonds. The quantitative estimate of drug-likeness (QED) is 0.884. The van der Waals surface area contributed by atoms with E-state index in [2.05, 4.69) is 16.7 Å². The first kappa shape index (κ1) is 14.3. The van der Waals surface area contributed by atoms with Crippen molar-refractivity contribution in [2.24, 2.45) is 5.92 Å². The lowest BCUT2D eigenvalue weighted by Crippen LogP contribution is -2.24. The van der Waals surface area contributed by atoms with Crippen LogP contribution >= 0.6 is 11.8 Å². The van der Waals surface area contributed by atoms with Gasteiger partial charge in [0.25, 0.3) is 0 Å². The lowest BCUT2D eigenvalue weighted by Gasteiger charge is -2.23. The van der Waals surface area contributed by atoms with E-state index in [1.54, 1.807) is 0 Å². The summed E-state index contributed by atoms with van der Waals surface area (Å²) in [6.07, 6.45) is 2.43. The van der Waals surface area contributed by atoms with E-state index >= 15 is 0 Å². The highest BCUT2D eigenvalue weighted by Gasteiger charge is 2.13. The fraction of sp³-hybridized carbons (Fsp3) is 0.533. The van der Waals surface area contributed by atoms with Crippen LogP contribution in [-0.4, -0.2) is 23.5 Å². The standard InChI is InChI=1S/C15H22N2OS/c1-11(2)15(18)17-14-5-3-4-13(10-14)16-12-6-8-19-9-7-12/h3-5,10-12,16H,6-9H2,1-2H3,(H,17,18). The molecule has 1 aromatic rings. The van der Waals surface area contributed by atoms with E-state index in [0.29, 0.717) is 6.04 Å². The van der Waals surface area contributed by atoms with Gasteiger partial charge in [0.05, 0.1) is 0 Å². The Hall–Kier alpha value is -1.16. The molecule has 3 nitrogen and oxygen atoms in total. The number of hydrogen-bond donors (Lipinski definition) is 2. The van der Waals surface area contributed by atoms with Crippen LogP contribution in [0.5, 0.6) is 0 Å². The number of anilines is 2. The highest BCUT2D eigenvalue weighted by Crippen LogP contribution is 2.22. The molecule has 0 spiro atoms. The molecular formula is C15H22N2OS. The van der Waals surface area contributed by atoms with Crippen molar-refractivity contribution in [3.63, 3.8) is 0 Å². The average Bonchev–Trinajstić information content (AvgIpc) is 2.40. The second-order valence-corrected chi connectivity index (χ2v) is 6.48. The van der Waals surface area contributed by atoms with E-state index < -0.39 is 0 Å². The Bertz CT molecular complexity index is 428. The fourth-order valence-electron chi connectivity index (χ4n) is 2.05. The van der Waals surface area contributed by atoms with Crippen molar-refractivity contribution in [2.45, 2.75) is 32.7 Å². The zero-order valence-corrected chi connectivity index (χ0v) is 12.4. The molecule has 1 aromatic carbocycles. The first-order chi connectivity index (χ1) is 9.15. The molecule has 0 radical (unpaired) electrons. The topological polar surface area (TPSA) is 41.1 Å². The molecule has 1 saturated heterocycles. The summed E-state index contributed by atoms with van der Waals surface area (Å²) in [7, 11) is 0. The molecule has 0 atom stereocenters. The predicted molar refractivity (Wildman–Crippen MR) is 83.9 cm³/mol. The average molecular weight is 278 g/mol. The van der Waals surface area contributed by atoms with Crippen LogP contribution in [0.25, 0.3) is 0 Å². The van der Waals surface area contributed by atoms with Crippen LogP contribution in [-0.2, 0) is 4.79 Å². The third-order valence-corrected chi connectivity index (χ3v) is 4.30. The number of nitrogens with one attached hydrogen (secondary N) is 2. The first-order valence-electron chi connectivity index (χ1n) is 6.90. The number of amides is 1. The number of benzene rings is 1. The Morgan fingerprint density at radius 1 is 1.26 bits per heavy atom. The van der Waals surface area contributed by atoms with E-state index in [9.17, 15) is 4.79 Å². The Morgan fingerprint density at radius 2 is 1.95 bits per heavy atom. The van der Waals surface area contributed by atoms with Gasteiger partial charge in [-0.1, -0.05) is 19.9 Å². The molecule has 0 bridgehead atoms. The van der Waals surface area contributed by atoms with Gasteiger partial charge in [-0.3, -0.25) is 4.79 Å². The molecule has 104 valence electrons. The third kappa shape index (κ3) is 4.46. The number of hydrogen-bond acceptors (Lipinski definition) is 3. The summed E-state index contributed by atoms with van der Waals surface area (Å²) in [5.74, 6) is 2.54. The maximum atomic E-state index is 11.7. The van der Waals surface area contributed by atoms with Crippen molar-refractivity contribution < 1.29 is 4.79 Å². The van der Waals surface area contributed by atoms with E-state index in [0.717, 1.165) is 11.4 Å². The van der Waals surface area contributed by atoms with Gasteiger partial charge >= 0.3 is 0 Å². The smallest absolute Gasteiger partial charge is 0.226 e. The van der Waals surface area contributed by atoms with Gasteiger partial charge in [-0.15, -0.1) is 0 Å². The Labute approximate surface area is 119 Å². The van der Waals surface area contributed by atoms with Gasteiger partial charge in [-0.2, -0.15) is 11.8 Å². The molecule has 0 saturated carbocycles. The van der Waals surface area contributed by atoms with Gasteiger partial charge in [0.2, 0.25) is 5.91 Å². The zero-order valence-electron chi connectivity index (χ0n) is 11.6. The Morgan fingerprint density at radius 3 is 2.63 bits per heavy atom. The van der Waals surface area contributed by atoms with E-state index in [-0.39, 0.29) is 11.8 Å². The third-order valence-electron chi connectivity index (χ3n) is 3.25.